The number of aliphatic hydroxyl groups excluding tert-OH is 1. The lowest BCUT2D eigenvalue weighted by molar-refractivity contribution is -0.0164. The van der Waals surface area contributed by atoms with Gasteiger partial charge in [0.15, 0.2) is 0 Å². The molecule has 4 nitrogen and oxygen atoms in total. The van der Waals surface area contributed by atoms with Crippen molar-refractivity contribution in [1.82, 2.24) is 5.32 Å². The van der Waals surface area contributed by atoms with Gasteiger partial charge < -0.3 is 19.9 Å². The van der Waals surface area contributed by atoms with Gasteiger partial charge in [-0.25, -0.2) is 0 Å². The molecular weight excluding hydrogens is 286 g/mol. The molecule has 0 amide bonds. The van der Waals surface area contributed by atoms with Crippen molar-refractivity contribution in [1.29, 1.82) is 0 Å². The molecule has 0 aromatic carbocycles. The summed E-state index contributed by atoms with van der Waals surface area (Å²) in [6.07, 6.45) is 5.80. The van der Waals surface area contributed by atoms with Crippen LogP contribution >= 0.6 is 11.3 Å². The predicted octanol–water partition coefficient (Wildman–Crippen LogP) is 1.88. The average Bonchev–Trinajstić information content (AvgIpc) is 3.14. The van der Waals surface area contributed by atoms with E-state index in [1.807, 2.05) is 11.3 Å². The van der Waals surface area contributed by atoms with Crippen molar-refractivity contribution in [3.8, 4) is 0 Å². The molecule has 2 heterocycles. The number of aliphatic hydroxyl groups is 1. The van der Waals surface area contributed by atoms with Crippen LogP contribution in [0, 0.1) is 0 Å². The molecule has 0 radical (unpaired) electrons. The molecule has 1 aromatic heterocycles. The highest BCUT2D eigenvalue weighted by molar-refractivity contribution is 7.12. The van der Waals surface area contributed by atoms with E-state index in [1.54, 1.807) is 4.88 Å². The molecule has 5 heteroatoms. The third-order valence-electron chi connectivity index (χ3n) is 4.11. The largest absolute Gasteiger partial charge is 0.389 e. The van der Waals surface area contributed by atoms with Gasteiger partial charge in [0.05, 0.1) is 25.4 Å². The molecule has 3 rings (SSSR count). The van der Waals surface area contributed by atoms with Gasteiger partial charge in [-0.1, -0.05) is 0 Å². The van der Waals surface area contributed by atoms with E-state index in [0.717, 1.165) is 26.0 Å². The summed E-state index contributed by atoms with van der Waals surface area (Å²) in [7, 11) is 0. The van der Waals surface area contributed by atoms with Gasteiger partial charge >= 0.3 is 0 Å². The summed E-state index contributed by atoms with van der Waals surface area (Å²) in [6, 6.07) is 2.32. The van der Waals surface area contributed by atoms with Crippen molar-refractivity contribution in [3.63, 3.8) is 0 Å². The Bertz CT molecular complexity index is 421. The molecular formula is C16H25NO3S. The summed E-state index contributed by atoms with van der Waals surface area (Å²) in [5, 5.41) is 13.2. The van der Waals surface area contributed by atoms with Crippen LogP contribution in [0.5, 0.6) is 0 Å². The fourth-order valence-electron chi connectivity index (χ4n) is 3.01. The number of rotatable bonds is 8. The Morgan fingerprint density at radius 2 is 2.38 bits per heavy atom. The first-order valence-electron chi connectivity index (χ1n) is 8.00. The number of hydrogen-bond acceptors (Lipinski definition) is 5. The highest BCUT2D eigenvalue weighted by atomic mass is 32.1. The van der Waals surface area contributed by atoms with Gasteiger partial charge in [-0.2, -0.15) is 0 Å². The molecule has 0 saturated carbocycles. The zero-order valence-corrected chi connectivity index (χ0v) is 13.3. The number of nitrogens with one attached hydrogen (secondary N) is 1. The Morgan fingerprint density at radius 1 is 1.43 bits per heavy atom. The van der Waals surface area contributed by atoms with E-state index in [4.69, 9.17) is 9.47 Å². The molecule has 1 aliphatic carbocycles. The van der Waals surface area contributed by atoms with Gasteiger partial charge in [-0.15, -0.1) is 11.3 Å². The summed E-state index contributed by atoms with van der Waals surface area (Å²) >= 11 is 1.92. The number of thiophene rings is 1. The van der Waals surface area contributed by atoms with Crippen LogP contribution < -0.4 is 5.32 Å². The van der Waals surface area contributed by atoms with Gasteiger partial charge in [0, 0.05) is 29.5 Å². The summed E-state index contributed by atoms with van der Waals surface area (Å²) in [5.74, 6) is 0. The first-order chi connectivity index (χ1) is 10.3. The zero-order valence-electron chi connectivity index (χ0n) is 12.5. The Kier molecular flexibility index (Phi) is 5.66. The van der Waals surface area contributed by atoms with E-state index < -0.39 is 6.10 Å². The first kappa shape index (κ1) is 15.4. The summed E-state index contributed by atoms with van der Waals surface area (Å²) < 4.78 is 11.0. The molecule has 0 spiro atoms. The van der Waals surface area contributed by atoms with E-state index in [2.05, 4.69) is 11.4 Å². The highest BCUT2D eigenvalue weighted by Gasteiger charge is 2.16. The number of aryl methyl sites for hydroxylation is 2. The Labute approximate surface area is 130 Å². The van der Waals surface area contributed by atoms with Crippen molar-refractivity contribution in [2.45, 2.75) is 50.9 Å². The molecule has 2 unspecified atom stereocenters. The smallest absolute Gasteiger partial charge is 0.0897 e. The molecule has 1 fully saturated rings. The van der Waals surface area contributed by atoms with E-state index in [9.17, 15) is 5.11 Å². The van der Waals surface area contributed by atoms with Gasteiger partial charge in [0.2, 0.25) is 0 Å². The quantitative estimate of drug-likeness (QED) is 0.770. The second kappa shape index (κ2) is 7.70. The number of hydrogen-bond donors (Lipinski definition) is 2. The SMILES string of the molecule is OC(CNCc1cc2c(s1)CCC2)COCC1CCCO1. The third-order valence-corrected chi connectivity index (χ3v) is 5.35. The fourth-order valence-corrected chi connectivity index (χ4v) is 4.24. The van der Waals surface area contributed by atoms with Crippen molar-refractivity contribution in [2.75, 3.05) is 26.4 Å². The van der Waals surface area contributed by atoms with E-state index in [0.29, 0.717) is 19.8 Å². The second-order valence-corrected chi connectivity index (χ2v) is 7.19. The standard InChI is InChI=1S/C16H25NO3S/c18-13(10-19-11-14-4-2-6-20-14)8-17-9-15-7-12-3-1-5-16(12)21-15/h7,13-14,17-18H,1-6,8-11H2. The van der Waals surface area contributed by atoms with Crippen LogP contribution in [0.3, 0.4) is 0 Å². The number of fused-ring (bicyclic) bond motifs is 1. The lowest BCUT2D eigenvalue weighted by Crippen LogP contribution is -2.31. The highest BCUT2D eigenvalue weighted by Crippen LogP contribution is 2.30. The van der Waals surface area contributed by atoms with E-state index in [1.165, 1.54) is 29.7 Å². The van der Waals surface area contributed by atoms with Crippen LogP contribution in [0.2, 0.25) is 0 Å². The molecule has 2 atom stereocenters. The molecule has 118 valence electrons. The van der Waals surface area contributed by atoms with Crippen LogP contribution in [0.25, 0.3) is 0 Å². The normalized spacial score (nSPS) is 22.6. The molecule has 1 aromatic rings. The lowest BCUT2D eigenvalue weighted by atomic mass is 10.2. The maximum Gasteiger partial charge on any atom is 0.0897 e. The molecule has 0 bridgehead atoms. The monoisotopic (exact) mass is 311 g/mol. The van der Waals surface area contributed by atoms with E-state index in [-0.39, 0.29) is 6.10 Å². The summed E-state index contributed by atoms with van der Waals surface area (Å²) in [6.45, 7) is 3.26. The van der Waals surface area contributed by atoms with Crippen LogP contribution in [0.4, 0.5) is 0 Å². The number of ether oxygens (including phenoxy) is 2. The second-order valence-electron chi connectivity index (χ2n) is 5.97. The molecule has 2 N–H and O–H groups in total. The molecule has 2 aliphatic rings. The minimum Gasteiger partial charge on any atom is -0.389 e. The minimum atomic E-state index is -0.446. The molecule has 1 aliphatic heterocycles. The molecule has 1 saturated heterocycles. The maximum absolute atomic E-state index is 9.89. The summed E-state index contributed by atoms with van der Waals surface area (Å²) in [5.41, 5.74) is 1.54. The van der Waals surface area contributed by atoms with Crippen molar-refractivity contribution < 1.29 is 14.6 Å². The average molecular weight is 311 g/mol. The lowest BCUT2D eigenvalue weighted by Gasteiger charge is -2.14. The first-order valence-corrected chi connectivity index (χ1v) is 8.81. The Morgan fingerprint density at radius 3 is 3.19 bits per heavy atom. The fraction of sp³-hybridized carbons (Fsp3) is 0.750. The zero-order chi connectivity index (χ0) is 14.5. The van der Waals surface area contributed by atoms with Gasteiger partial charge in [0.25, 0.3) is 0 Å². The Hall–Kier alpha value is -0.460. The van der Waals surface area contributed by atoms with E-state index >= 15 is 0 Å². The van der Waals surface area contributed by atoms with Crippen LogP contribution in [0.1, 0.15) is 34.6 Å². The maximum atomic E-state index is 9.89. The van der Waals surface area contributed by atoms with Crippen molar-refractivity contribution in [2.24, 2.45) is 0 Å². The minimum absolute atomic E-state index is 0.235. The van der Waals surface area contributed by atoms with Crippen LogP contribution in [-0.4, -0.2) is 43.7 Å². The van der Waals surface area contributed by atoms with Crippen LogP contribution in [0.15, 0.2) is 6.07 Å². The van der Waals surface area contributed by atoms with Gasteiger partial charge in [0.1, 0.15) is 0 Å². The third kappa shape index (κ3) is 4.50. The van der Waals surface area contributed by atoms with Gasteiger partial charge in [-0.05, 0) is 43.7 Å². The van der Waals surface area contributed by atoms with Gasteiger partial charge in [-0.3, -0.25) is 0 Å². The topological polar surface area (TPSA) is 50.7 Å². The Balaban J connectivity index is 1.27. The van der Waals surface area contributed by atoms with Crippen molar-refractivity contribution >= 4 is 11.3 Å². The summed E-state index contributed by atoms with van der Waals surface area (Å²) in [4.78, 5) is 2.94. The molecule has 21 heavy (non-hydrogen) atoms. The van der Waals surface area contributed by atoms with Crippen LogP contribution in [-0.2, 0) is 28.9 Å². The van der Waals surface area contributed by atoms with Crippen molar-refractivity contribution in [3.05, 3.63) is 21.4 Å². The predicted molar refractivity (Wildman–Crippen MR) is 83.9 cm³/mol.